The summed E-state index contributed by atoms with van der Waals surface area (Å²) in [5.41, 5.74) is -26.3. The van der Waals surface area contributed by atoms with Crippen molar-refractivity contribution in [3.8, 4) is 11.1 Å². The Bertz CT molecular complexity index is 3070. The van der Waals surface area contributed by atoms with Crippen molar-refractivity contribution in [1.29, 1.82) is 0 Å². The van der Waals surface area contributed by atoms with Gasteiger partial charge in [-0.25, -0.2) is 4.57 Å². The molecule has 0 radical (unpaired) electrons. The third-order valence-corrected chi connectivity index (χ3v) is 12.6. The van der Waals surface area contributed by atoms with Gasteiger partial charge in [0.05, 0.1) is 44.5 Å². The van der Waals surface area contributed by atoms with Crippen LogP contribution in [0.3, 0.4) is 0 Å². The minimum atomic E-state index is -6.13. The van der Waals surface area contributed by atoms with Gasteiger partial charge in [0, 0.05) is 17.7 Å². The van der Waals surface area contributed by atoms with E-state index in [-0.39, 0.29) is 0 Å². The fraction of sp³-hybridized carbons (Fsp3) is 0.167. The van der Waals surface area contributed by atoms with Gasteiger partial charge >= 0.3 is 49.4 Å². The van der Waals surface area contributed by atoms with Crippen molar-refractivity contribution in [1.82, 2.24) is 0 Å². The number of aromatic nitrogens is 1. The van der Waals surface area contributed by atoms with Crippen LogP contribution in [-0.2, 0) is 56.0 Å². The molecule has 422 valence electrons. The van der Waals surface area contributed by atoms with E-state index in [1.54, 1.807) is 0 Å². The molecule has 0 fully saturated rings. The molecule has 0 saturated heterocycles. The van der Waals surface area contributed by atoms with Crippen LogP contribution in [0.2, 0.25) is 0 Å². The summed E-state index contributed by atoms with van der Waals surface area (Å²) in [7, 11) is 0. The molecule has 0 spiro atoms. The molecule has 0 aliphatic carbocycles. The second-order valence-corrected chi connectivity index (χ2v) is 18.0. The third kappa shape index (κ3) is 13.3. The Kier molecular flexibility index (Phi) is 15.8. The maximum absolute atomic E-state index is 14.2. The van der Waals surface area contributed by atoms with Gasteiger partial charge in [0.1, 0.15) is 6.15 Å². The van der Waals surface area contributed by atoms with Crippen molar-refractivity contribution in [2.24, 2.45) is 0 Å². The van der Waals surface area contributed by atoms with Gasteiger partial charge in [-0.1, -0.05) is 121 Å². The predicted octanol–water partition coefficient (Wildman–Crippen LogP) is 16.1. The Morgan fingerprint density at radius 1 is 0.287 bits per heavy atom. The number of rotatable bonds is 7. The second kappa shape index (κ2) is 21.1. The SMILES string of the molecule is FC(F)(F)c1cc([B-](c2cc(C(F)(F)F)cc(C(F)(F)F)c2)(c2cc(C(F)(F)F)cc(C(F)(F)F)c2)c2cc(C(F)(F)F)cc(C(F)(F)F)c2)cc(C(F)(F)F)c1.c1ccc(C[n+]2ccc(-c3cccc4ccccc34)cc2)cc1. The minimum absolute atomic E-state index is 0.691. The van der Waals surface area contributed by atoms with E-state index in [1.165, 1.54) is 27.5 Å². The van der Waals surface area contributed by atoms with Crippen molar-refractivity contribution < 1.29 is 110 Å². The predicted molar refractivity (Wildman–Crippen MR) is 245 cm³/mol. The summed E-state index contributed by atoms with van der Waals surface area (Å²) in [4.78, 5) is 0. The van der Waals surface area contributed by atoms with Gasteiger partial charge in [-0.2, -0.15) is 127 Å². The Labute approximate surface area is 435 Å². The van der Waals surface area contributed by atoms with Crippen molar-refractivity contribution in [2.45, 2.75) is 56.0 Å². The fourth-order valence-corrected chi connectivity index (χ4v) is 9.08. The summed E-state index contributed by atoms with van der Waals surface area (Å²) < 4.78 is 343. The van der Waals surface area contributed by atoms with Gasteiger partial charge in [-0.15, -0.1) is 0 Å². The molecule has 1 nitrogen and oxygen atoms in total. The van der Waals surface area contributed by atoms with Gasteiger partial charge in [0.25, 0.3) is 0 Å². The molecule has 8 rings (SSSR count). The maximum atomic E-state index is 14.2. The average molecular weight is 1160 g/mol. The highest BCUT2D eigenvalue weighted by Crippen LogP contribution is 2.42. The Morgan fingerprint density at radius 2 is 0.562 bits per heavy atom. The molecule has 7 aromatic carbocycles. The minimum Gasteiger partial charge on any atom is -0.201 e. The number of alkyl halides is 24. The van der Waals surface area contributed by atoms with Crippen molar-refractivity contribution in [3.63, 3.8) is 0 Å². The summed E-state index contributed by atoms with van der Waals surface area (Å²) in [6.45, 7) is 0.899. The van der Waals surface area contributed by atoms with E-state index in [4.69, 9.17) is 0 Å². The fourth-order valence-electron chi connectivity index (χ4n) is 9.08. The summed E-state index contributed by atoms with van der Waals surface area (Å²) in [5, 5.41) is 2.59. The van der Waals surface area contributed by atoms with Crippen LogP contribution in [0.1, 0.15) is 50.1 Å². The molecule has 0 atom stereocenters. The molecule has 0 unspecified atom stereocenters. The molecule has 26 heteroatoms. The van der Waals surface area contributed by atoms with Crippen LogP contribution in [-0.4, -0.2) is 6.15 Å². The summed E-state index contributed by atoms with van der Waals surface area (Å²) in [6.07, 6.45) is -50.5. The first-order valence-electron chi connectivity index (χ1n) is 22.5. The number of halogens is 24. The van der Waals surface area contributed by atoms with Gasteiger partial charge in [0.15, 0.2) is 18.9 Å². The molecule has 0 amide bonds. The van der Waals surface area contributed by atoms with E-state index in [0.717, 1.165) is 6.54 Å². The normalized spacial score (nSPS) is 13.3. The van der Waals surface area contributed by atoms with Crippen LogP contribution in [0.15, 0.2) is 170 Å². The molecular formula is C54H30BF24N. The van der Waals surface area contributed by atoms with Crippen LogP contribution in [0.4, 0.5) is 105 Å². The molecule has 1 heterocycles. The van der Waals surface area contributed by atoms with Crippen LogP contribution in [0.25, 0.3) is 21.9 Å². The lowest BCUT2D eigenvalue weighted by molar-refractivity contribution is -0.688. The largest absolute Gasteiger partial charge is 0.416 e. The zero-order chi connectivity index (χ0) is 59.4. The zero-order valence-corrected chi connectivity index (χ0v) is 39.5. The molecule has 80 heavy (non-hydrogen) atoms. The van der Waals surface area contributed by atoms with E-state index in [0.29, 0.717) is 0 Å². The topological polar surface area (TPSA) is 3.88 Å². The van der Waals surface area contributed by atoms with Crippen molar-refractivity contribution in [3.05, 3.63) is 220 Å². The lowest BCUT2D eigenvalue weighted by atomic mass is 9.12. The van der Waals surface area contributed by atoms with E-state index in [2.05, 4.69) is 102 Å². The highest BCUT2D eigenvalue weighted by atomic mass is 19.4. The van der Waals surface area contributed by atoms with Crippen LogP contribution >= 0.6 is 0 Å². The molecule has 0 saturated carbocycles. The number of hydrogen-bond acceptors (Lipinski definition) is 0. The highest BCUT2D eigenvalue weighted by Gasteiger charge is 2.47. The van der Waals surface area contributed by atoms with Gasteiger partial charge < -0.3 is 0 Å². The van der Waals surface area contributed by atoms with Crippen molar-refractivity contribution >= 4 is 38.8 Å². The summed E-state index contributed by atoms with van der Waals surface area (Å²) in [5.74, 6) is 0. The average Bonchev–Trinajstić information content (AvgIpc) is 3.35. The monoisotopic (exact) mass is 1160 g/mol. The van der Waals surface area contributed by atoms with Gasteiger partial charge in [-0.3, -0.25) is 0 Å². The molecule has 0 aliphatic rings. The number of fused-ring (bicyclic) bond motifs is 1. The van der Waals surface area contributed by atoms with E-state index >= 15 is 0 Å². The van der Waals surface area contributed by atoms with E-state index in [9.17, 15) is 105 Å². The van der Waals surface area contributed by atoms with Crippen LogP contribution < -0.4 is 26.4 Å². The first kappa shape index (κ1) is 60.0. The Morgan fingerprint density at radius 3 is 0.863 bits per heavy atom. The lowest BCUT2D eigenvalue weighted by Gasteiger charge is -2.46. The maximum Gasteiger partial charge on any atom is 0.416 e. The lowest BCUT2D eigenvalue weighted by Crippen LogP contribution is -2.75. The van der Waals surface area contributed by atoms with E-state index in [1.807, 2.05) is 0 Å². The summed E-state index contributed by atoms with van der Waals surface area (Å²) >= 11 is 0. The summed E-state index contributed by atoms with van der Waals surface area (Å²) in [6, 6.07) is 21.2. The van der Waals surface area contributed by atoms with Crippen LogP contribution in [0, 0.1) is 0 Å². The van der Waals surface area contributed by atoms with Gasteiger partial charge in [0.2, 0.25) is 0 Å². The quantitative estimate of drug-likeness (QED) is 0.0851. The molecule has 0 aliphatic heterocycles. The zero-order valence-electron chi connectivity index (χ0n) is 39.5. The molecule has 1 aromatic heterocycles. The second-order valence-electron chi connectivity index (χ2n) is 18.0. The first-order chi connectivity index (χ1) is 36.7. The van der Waals surface area contributed by atoms with Gasteiger partial charge in [-0.05, 0) is 46.2 Å². The molecule has 0 bridgehead atoms. The number of hydrogen-bond donors (Lipinski definition) is 0. The van der Waals surface area contributed by atoms with E-state index < -0.39 is 195 Å². The molecule has 0 N–H and O–H groups in total. The van der Waals surface area contributed by atoms with Crippen molar-refractivity contribution in [2.75, 3.05) is 0 Å². The Balaban J connectivity index is 0.000000329. The smallest absolute Gasteiger partial charge is 0.201 e. The molecular weight excluding hydrogens is 1130 g/mol. The molecule has 8 aromatic rings. The number of pyridine rings is 1. The highest BCUT2D eigenvalue weighted by molar-refractivity contribution is 7.20. The number of benzene rings is 7. The first-order valence-corrected chi connectivity index (χ1v) is 22.5. The number of nitrogens with zero attached hydrogens (tertiary/aromatic N) is 1. The Hall–Kier alpha value is -7.67. The third-order valence-electron chi connectivity index (χ3n) is 12.6. The van der Waals surface area contributed by atoms with Crippen LogP contribution in [0.5, 0.6) is 0 Å². The standard InChI is InChI=1S/C32H12BF24.C22H18N/c34-25(35,36)13-1-14(26(37,38)39)6-21(5-13)33(22-7-15(27(40,41)42)2-16(8-22)28(43,44)45,23-9-17(29(46,47)48)3-18(10-23)30(49,50)51)24-11-19(31(52,53)54)4-20(12-24)32(55,56)57;1-2-7-18(8-3-1)17-23-15-13-20(14-16-23)22-12-6-10-19-9-4-5-11-21(19)22/h1-12H;1-16H,17H2/q-1;+1.